The molecule has 0 spiro atoms. The lowest BCUT2D eigenvalue weighted by Gasteiger charge is -2.03. The predicted octanol–water partition coefficient (Wildman–Crippen LogP) is 4.39. The fourth-order valence-electron chi connectivity index (χ4n) is 2.19. The highest BCUT2D eigenvalue weighted by molar-refractivity contribution is 5.94. The monoisotopic (exact) mass is 284 g/mol. The van der Waals surface area contributed by atoms with E-state index in [1.54, 1.807) is 0 Å². The SMILES string of the molecule is CCCCCCCCCCCCC(=CC(=O)O)C(=O)O. The zero-order valence-corrected chi connectivity index (χ0v) is 12.6. The zero-order valence-electron chi connectivity index (χ0n) is 12.6. The van der Waals surface area contributed by atoms with Crippen LogP contribution in [0, 0.1) is 0 Å². The molecule has 0 amide bonds. The molecule has 0 aliphatic carbocycles. The Hall–Kier alpha value is -1.32. The molecule has 116 valence electrons. The Morgan fingerprint density at radius 2 is 1.25 bits per heavy atom. The summed E-state index contributed by atoms with van der Waals surface area (Å²) in [4.78, 5) is 21.3. The van der Waals surface area contributed by atoms with E-state index < -0.39 is 11.9 Å². The fraction of sp³-hybridized carbons (Fsp3) is 0.750. The van der Waals surface area contributed by atoms with Gasteiger partial charge in [0, 0.05) is 11.6 Å². The molecule has 0 aromatic rings. The van der Waals surface area contributed by atoms with Crippen molar-refractivity contribution in [1.82, 2.24) is 0 Å². The molecule has 0 bridgehead atoms. The Labute approximate surface area is 121 Å². The van der Waals surface area contributed by atoms with Crippen LogP contribution in [0.2, 0.25) is 0 Å². The molecule has 0 saturated carbocycles. The molecule has 0 rings (SSSR count). The molecule has 0 aliphatic rings. The Morgan fingerprint density at radius 1 is 0.800 bits per heavy atom. The van der Waals surface area contributed by atoms with Crippen LogP contribution in [0.4, 0.5) is 0 Å². The summed E-state index contributed by atoms with van der Waals surface area (Å²) in [6.45, 7) is 2.21. The number of rotatable bonds is 13. The molecule has 0 fully saturated rings. The van der Waals surface area contributed by atoms with Crippen molar-refractivity contribution in [1.29, 1.82) is 0 Å². The summed E-state index contributed by atoms with van der Waals surface area (Å²) in [6.07, 6.45) is 13.0. The van der Waals surface area contributed by atoms with E-state index in [-0.39, 0.29) is 5.57 Å². The second-order valence-electron chi connectivity index (χ2n) is 5.24. The van der Waals surface area contributed by atoms with E-state index in [9.17, 15) is 9.59 Å². The van der Waals surface area contributed by atoms with Gasteiger partial charge in [-0.05, 0) is 12.8 Å². The van der Waals surface area contributed by atoms with Crippen molar-refractivity contribution in [2.24, 2.45) is 0 Å². The molecule has 0 unspecified atom stereocenters. The largest absolute Gasteiger partial charge is 0.478 e. The van der Waals surface area contributed by atoms with Gasteiger partial charge in [0.25, 0.3) is 0 Å². The van der Waals surface area contributed by atoms with Crippen molar-refractivity contribution in [3.8, 4) is 0 Å². The first-order chi connectivity index (χ1) is 9.57. The highest BCUT2D eigenvalue weighted by atomic mass is 16.4. The first-order valence-corrected chi connectivity index (χ1v) is 7.74. The third kappa shape index (κ3) is 11.8. The summed E-state index contributed by atoms with van der Waals surface area (Å²) < 4.78 is 0. The van der Waals surface area contributed by atoms with Gasteiger partial charge in [0.2, 0.25) is 0 Å². The molecule has 0 saturated heterocycles. The number of aliphatic carboxylic acids is 2. The van der Waals surface area contributed by atoms with Crippen LogP contribution in [-0.2, 0) is 9.59 Å². The Kier molecular flexibility index (Phi) is 11.9. The van der Waals surface area contributed by atoms with E-state index in [1.807, 2.05) is 0 Å². The maximum Gasteiger partial charge on any atom is 0.331 e. The van der Waals surface area contributed by atoms with E-state index in [2.05, 4.69) is 6.92 Å². The van der Waals surface area contributed by atoms with Gasteiger partial charge in [-0.15, -0.1) is 0 Å². The standard InChI is InChI=1S/C16H28O4/c1-2-3-4-5-6-7-8-9-10-11-12-14(16(19)20)13-15(17)18/h13H,2-12H2,1H3,(H,17,18)(H,19,20). The Morgan fingerprint density at radius 3 is 1.65 bits per heavy atom. The number of hydrogen-bond donors (Lipinski definition) is 2. The van der Waals surface area contributed by atoms with Gasteiger partial charge in [0.05, 0.1) is 0 Å². The van der Waals surface area contributed by atoms with Crippen molar-refractivity contribution in [3.05, 3.63) is 11.6 Å². The van der Waals surface area contributed by atoms with E-state index >= 15 is 0 Å². The highest BCUT2D eigenvalue weighted by Gasteiger charge is 2.08. The number of carboxylic acid groups (broad SMARTS) is 2. The van der Waals surface area contributed by atoms with Crippen LogP contribution in [-0.4, -0.2) is 22.2 Å². The minimum Gasteiger partial charge on any atom is -0.478 e. The second-order valence-corrected chi connectivity index (χ2v) is 5.24. The van der Waals surface area contributed by atoms with Crippen molar-refractivity contribution < 1.29 is 19.8 Å². The lowest BCUT2D eigenvalue weighted by Crippen LogP contribution is -2.04. The normalized spacial score (nSPS) is 11.6. The first kappa shape index (κ1) is 18.7. The van der Waals surface area contributed by atoms with Gasteiger partial charge < -0.3 is 10.2 Å². The van der Waals surface area contributed by atoms with Crippen molar-refractivity contribution in [3.63, 3.8) is 0 Å². The Balaban J connectivity index is 3.51. The van der Waals surface area contributed by atoms with Crippen LogP contribution >= 0.6 is 0 Å². The molecule has 0 atom stereocenters. The van der Waals surface area contributed by atoms with Crippen molar-refractivity contribution >= 4 is 11.9 Å². The van der Waals surface area contributed by atoms with E-state index in [1.165, 1.54) is 44.9 Å². The fourth-order valence-corrected chi connectivity index (χ4v) is 2.19. The average molecular weight is 284 g/mol. The van der Waals surface area contributed by atoms with Gasteiger partial charge >= 0.3 is 11.9 Å². The van der Waals surface area contributed by atoms with Crippen molar-refractivity contribution in [2.45, 2.75) is 77.6 Å². The third-order valence-corrected chi connectivity index (χ3v) is 3.37. The molecule has 0 heterocycles. The quantitative estimate of drug-likeness (QED) is 0.388. The number of hydrogen-bond acceptors (Lipinski definition) is 2. The van der Waals surface area contributed by atoms with Crippen LogP contribution in [0.15, 0.2) is 11.6 Å². The van der Waals surface area contributed by atoms with E-state index in [0.29, 0.717) is 6.42 Å². The lowest BCUT2D eigenvalue weighted by atomic mass is 10.0. The molecule has 20 heavy (non-hydrogen) atoms. The van der Waals surface area contributed by atoms with Crippen molar-refractivity contribution in [2.75, 3.05) is 0 Å². The first-order valence-electron chi connectivity index (χ1n) is 7.74. The van der Waals surface area contributed by atoms with Gasteiger partial charge in [-0.1, -0.05) is 64.7 Å². The molecule has 4 heteroatoms. The van der Waals surface area contributed by atoms with Crippen LogP contribution in [0.1, 0.15) is 77.6 Å². The molecule has 2 N–H and O–H groups in total. The number of carboxylic acids is 2. The summed E-state index contributed by atoms with van der Waals surface area (Å²) in [5.74, 6) is -2.31. The predicted molar refractivity (Wildman–Crippen MR) is 79.8 cm³/mol. The highest BCUT2D eigenvalue weighted by Crippen LogP contribution is 2.13. The summed E-state index contributed by atoms with van der Waals surface area (Å²) in [5.41, 5.74) is -0.00272. The van der Waals surface area contributed by atoms with Crippen LogP contribution in [0.3, 0.4) is 0 Å². The van der Waals surface area contributed by atoms with E-state index in [4.69, 9.17) is 10.2 Å². The molecule has 0 aromatic heterocycles. The maximum absolute atomic E-state index is 10.8. The minimum absolute atomic E-state index is 0.00272. The van der Waals surface area contributed by atoms with Crippen LogP contribution < -0.4 is 0 Å². The lowest BCUT2D eigenvalue weighted by molar-refractivity contribution is -0.135. The molecule has 0 aromatic carbocycles. The summed E-state index contributed by atoms with van der Waals surface area (Å²) in [6, 6.07) is 0. The second kappa shape index (κ2) is 12.7. The molecule has 0 radical (unpaired) electrons. The summed E-state index contributed by atoms with van der Waals surface area (Å²) in [5, 5.41) is 17.4. The average Bonchev–Trinajstić information content (AvgIpc) is 2.39. The van der Waals surface area contributed by atoms with Crippen LogP contribution in [0.5, 0.6) is 0 Å². The van der Waals surface area contributed by atoms with Gasteiger partial charge in [-0.3, -0.25) is 0 Å². The molecular weight excluding hydrogens is 256 g/mol. The number of carbonyl (C=O) groups is 2. The Bertz CT molecular complexity index is 308. The van der Waals surface area contributed by atoms with Crippen LogP contribution in [0.25, 0.3) is 0 Å². The van der Waals surface area contributed by atoms with E-state index in [0.717, 1.165) is 25.3 Å². The number of unbranched alkanes of at least 4 members (excludes halogenated alkanes) is 9. The van der Waals surface area contributed by atoms with Gasteiger partial charge in [0.15, 0.2) is 0 Å². The third-order valence-electron chi connectivity index (χ3n) is 3.37. The van der Waals surface area contributed by atoms with Gasteiger partial charge in [0.1, 0.15) is 0 Å². The molecule has 4 nitrogen and oxygen atoms in total. The maximum atomic E-state index is 10.8. The molecular formula is C16H28O4. The van der Waals surface area contributed by atoms with Gasteiger partial charge in [-0.2, -0.15) is 0 Å². The topological polar surface area (TPSA) is 74.6 Å². The summed E-state index contributed by atoms with van der Waals surface area (Å²) >= 11 is 0. The minimum atomic E-state index is -1.19. The smallest absolute Gasteiger partial charge is 0.331 e. The van der Waals surface area contributed by atoms with Gasteiger partial charge in [-0.25, -0.2) is 9.59 Å². The summed E-state index contributed by atoms with van der Waals surface area (Å²) in [7, 11) is 0. The molecule has 0 aliphatic heterocycles. The zero-order chi connectivity index (χ0) is 15.2.